The molecule has 250 valence electrons. The highest BCUT2D eigenvalue weighted by Crippen LogP contribution is 2.32. The van der Waals surface area contributed by atoms with Gasteiger partial charge < -0.3 is 25.8 Å². The van der Waals surface area contributed by atoms with Crippen LogP contribution in [0.25, 0.3) is 11.1 Å². The van der Waals surface area contributed by atoms with E-state index in [1.165, 1.54) is 0 Å². The molecule has 0 unspecified atom stereocenters. The second kappa shape index (κ2) is 14.5. The molecule has 9 nitrogen and oxygen atoms in total. The van der Waals surface area contributed by atoms with E-state index in [4.69, 9.17) is 15.2 Å². The first kappa shape index (κ1) is 35.4. The molecule has 3 aromatic carbocycles. The summed E-state index contributed by atoms with van der Waals surface area (Å²) in [4.78, 5) is 52.1. The Hall–Kier alpha value is -4.50. The van der Waals surface area contributed by atoms with Crippen LogP contribution in [0.4, 0.5) is 0 Å². The summed E-state index contributed by atoms with van der Waals surface area (Å²) in [5, 5.41) is 6.00. The molecule has 4 rings (SSSR count). The summed E-state index contributed by atoms with van der Waals surface area (Å²) in [7, 11) is 0. The van der Waals surface area contributed by atoms with E-state index in [1.807, 2.05) is 89.2 Å². The lowest BCUT2D eigenvalue weighted by Gasteiger charge is -2.33. The summed E-state index contributed by atoms with van der Waals surface area (Å²) < 4.78 is 11.4. The number of amides is 3. The van der Waals surface area contributed by atoms with Gasteiger partial charge in [-0.15, -0.1) is 0 Å². The average molecular weight is 642 g/mol. The van der Waals surface area contributed by atoms with Gasteiger partial charge in [-0.2, -0.15) is 0 Å². The van der Waals surface area contributed by atoms with Crippen molar-refractivity contribution < 1.29 is 28.7 Å². The van der Waals surface area contributed by atoms with Crippen LogP contribution < -0.4 is 16.4 Å². The van der Waals surface area contributed by atoms with Crippen LogP contribution in [-0.2, 0) is 30.3 Å². The molecule has 3 amide bonds. The third kappa shape index (κ3) is 9.07. The second-order valence-corrected chi connectivity index (χ2v) is 13.9. The van der Waals surface area contributed by atoms with Crippen molar-refractivity contribution in [1.29, 1.82) is 0 Å². The molecule has 9 heteroatoms. The normalized spacial score (nSPS) is 17.7. The van der Waals surface area contributed by atoms with Crippen molar-refractivity contribution in [3.8, 4) is 11.1 Å². The van der Waals surface area contributed by atoms with Gasteiger partial charge in [-0.1, -0.05) is 81.4 Å². The average Bonchev–Trinajstić information content (AvgIpc) is 3.28. The van der Waals surface area contributed by atoms with Crippen molar-refractivity contribution >= 4 is 23.7 Å². The van der Waals surface area contributed by atoms with Crippen molar-refractivity contribution in [3.63, 3.8) is 0 Å². The van der Waals surface area contributed by atoms with Gasteiger partial charge in [0.25, 0.3) is 0 Å². The summed E-state index contributed by atoms with van der Waals surface area (Å²) in [5.41, 5.74) is 10.2. The lowest BCUT2D eigenvalue weighted by molar-refractivity contribution is -0.162. The van der Waals surface area contributed by atoms with Crippen molar-refractivity contribution in [2.24, 2.45) is 17.1 Å². The van der Waals surface area contributed by atoms with E-state index in [0.717, 1.165) is 27.8 Å². The molecule has 0 saturated carbocycles. The number of cyclic esters (lactones) is 1. The van der Waals surface area contributed by atoms with Crippen molar-refractivity contribution in [2.45, 2.75) is 91.7 Å². The number of aryl methyl sites for hydroxylation is 2. The third-order valence-corrected chi connectivity index (χ3v) is 8.49. The maximum atomic E-state index is 14.0. The van der Waals surface area contributed by atoms with Crippen LogP contribution >= 0.6 is 0 Å². The molecule has 1 aliphatic rings. The van der Waals surface area contributed by atoms with Gasteiger partial charge in [0.15, 0.2) is 6.10 Å². The molecule has 3 aromatic rings. The zero-order valence-electron chi connectivity index (χ0n) is 28.4. The maximum Gasteiger partial charge on any atom is 0.338 e. The van der Waals surface area contributed by atoms with Gasteiger partial charge in [0, 0.05) is 19.4 Å². The Morgan fingerprint density at radius 3 is 2.23 bits per heavy atom. The van der Waals surface area contributed by atoms with Gasteiger partial charge in [0.1, 0.15) is 6.04 Å². The zero-order chi connectivity index (χ0) is 34.5. The van der Waals surface area contributed by atoms with E-state index in [9.17, 15) is 19.2 Å². The van der Waals surface area contributed by atoms with Crippen LogP contribution in [0, 0.1) is 18.3 Å². The Morgan fingerprint density at radius 2 is 1.64 bits per heavy atom. The topological polar surface area (TPSA) is 137 Å². The monoisotopic (exact) mass is 641 g/mol. The number of primary amides is 1. The lowest BCUT2D eigenvalue weighted by atomic mass is 9.84. The molecular formula is C38H47N3O6. The van der Waals surface area contributed by atoms with Crippen molar-refractivity contribution in [3.05, 3.63) is 95.1 Å². The number of esters is 1. The van der Waals surface area contributed by atoms with Crippen molar-refractivity contribution in [1.82, 2.24) is 10.6 Å². The molecule has 4 N–H and O–H groups in total. The smallest absolute Gasteiger partial charge is 0.338 e. The molecule has 1 heterocycles. The molecule has 4 atom stereocenters. The highest BCUT2D eigenvalue weighted by Gasteiger charge is 2.48. The molecule has 0 bridgehead atoms. The molecule has 0 aromatic heterocycles. The van der Waals surface area contributed by atoms with Gasteiger partial charge in [-0.25, -0.2) is 4.79 Å². The van der Waals surface area contributed by atoms with E-state index >= 15 is 0 Å². The first-order chi connectivity index (χ1) is 22.1. The first-order valence-electron chi connectivity index (χ1n) is 16.1. The first-order valence-corrected chi connectivity index (χ1v) is 16.1. The molecule has 0 radical (unpaired) electrons. The SMILES string of the molecule is Cc1cc(CCC[C@@H](C(=O)N[C@H](C(=O)N[C@H](C)c2ccccc2)C(C)(C)C)[C@@H]2OC(C)(C)OC2=O)ccc1-c1cccc(C(N)=O)c1. The maximum absolute atomic E-state index is 14.0. The van der Waals surface area contributed by atoms with Gasteiger partial charge in [0.2, 0.25) is 23.5 Å². The Bertz CT molecular complexity index is 1610. The summed E-state index contributed by atoms with van der Waals surface area (Å²) >= 11 is 0. The van der Waals surface area contributed by atoms with Gasteiger partial charge in [0.05, 0.1) is 12.0 Å². The lowest BCUT2D eigenvalue weighted by Crippen LogP contribution is -2.56. The van der Waals surface area contributed by atoms with E-state index in [-0.39, 0.29) is 11.9 Å². The fourth-order valence-corrected chi connectivity index (χ4v) is 5.96. The van der Waals surface area contributed by atoms with Gasteiger partial charge in [-0.3, -0.25) is 14.4 Å². The number of ether oxygens (including phenoxy) is 2. The number of hydrogen-bond donors (Lipinski definition) is 3. The van der Waals surface area contributed by atoms with Crippen LogP contribution in [0.15, 0.2) is 72.8 Å². The van der Waals surface area contributed by atoms with Crippen LogP contribution in [0.2, 0.25) is 0 Å². The summed E-state index contributed by atoms with van der Waals surface area (Å²) in [5.74, 6) is -3.85. The molecule has 1 fully saturated rings. The fourth-order valence-electron chi connectivity index (χ4n) is 5.96. The van der Waals surface area contributed by atoms with Crippen LogP contribution in [0.5, 0.6) is 0 Å². The van der Waals surface area contributed by atoms with Gasteiger partial charge in [-0.05, 0) is 78.5 Å². The van der Waals surface area contributed by atoms with Gasteiger partial charge >= 0.3 is 5.97 Å². The van der Waals surface area contributed by atoms with Crippen LogP contribution in [0.3, 0.4) is 0 Å². The Morgan fingerprint density at radius 1 is 0.936 bits per heavy atom. The molecule has 0 spiro atoms. The van der Waals surface area contributed by atoms with Crippen molar-refractivity contribution in [2.75, 3.05) is 0 Å². The summed E-state index contributed by atoms with van der Waals surface area (Å²) in [6.07, 6.45) is 0.467. The fraction of sp³-hybridized carbons (Fsp3) is 0.421. The zero-order valence-corrected chi connectivity index (χ0v) is 28.4. The number of benzene rings is 3. The molecule has 1 aliphatic heterocycles. The largest absolute Gasteiger partial charge is 0.432 e. The van der Waals surface area contributed by atoms with Crippen LogP contribution in [-0.4, -0.2) is 41.6 Å². The minimum atomic E-state index is -1.16. The minimum Gasteiger partial charge on any atom is -0.432 e. The minimum absolute atomic E-state index is 0.267. The Balaban J connectivity index is 1.49. The predicted octanol–water partition coefficient (Wildman–Crippen LogP) is 5.79. The number of hydrogen-bond acceptors (Lipinski definition) is 6. The molecule has 0 aliphatic carbocycles. The number of carbonyl (C=O) groups excluding carboxylic acids is 4. The number of nitrogens with one attached hydrogen (secondary N) is 2. The van der Waals surface area contributed by atoms with E-state index in [1.54, 1.807) is 26.0 Å². The standard InChI is InChI=1S/C38H47N3O6/c1-23-21-25(19-20-29(23)27-16-12-17-28(22-27)33(39)42)13-11-18-30(31-36(45)47-38(6,7)46-31)34(43)41-32(37(3,4)5)35(44)40-24(2)26-14-9-8-10-15-26/h8-10,12,14-17,19-22,24,30-32H,11,13,18H2,1-7H3,(H2,39,42)(H,40,44)(H,41,43)/t24-,30-,31+,32-/m1/s1. The molecule has 47 heavy (non-hydrogen) atoms. The highest BCUT2D eigenvalue weighted by atomic mass is 16.8. The number of nitrogens with two attached hydrogens (primary N) is 1. The molecule has 1 saturated heterocycles. The quantitative estimate of drug-likeness (QED) is 0.214. The Labute approximate surface area is 277 Å². The Kier molecular flexibility index (Phi) is 10.9. The predicted molar refractivity (Wildman–Crippen MR) is 181 cm³/mol. The summed E-state index contributed by atoms with van der Waals surface area (Å²) in [6, 6.07) is 21.8. The number of rotatable bonds is 12. The van der Waals surface area contributed by atoms with E-state index in [2.05, 4.69) is 16.7 Å². The van der Waals surface area contributed by atoms with Crippen LogP contribution in [0.1, 0.15) is 87.5 Å². The molecular weight excluding hydrogens is 594 g/mol. The highest BCUT2D eigenvalue weighted by molar-refractivity contribution is 5.94. The summed E-state index contributed by atoms with van der Waals surface area (Å²) in [6.45, 7) is 12.8. The van der Waals surface area contributed by atoms with E-state index < -0.39 is 47.0 Å². The second-order valence-electron chi connectivity index (χ2n) is 13.9. The number of carbonyl (C=O) groups is 4. The third-order valence-electron chi connectivity index (χ3n) is 8.49. The van der Waals surface area contributed by atoms with E-state index in [0.29, 0.717) is 24.8 Å².